The minimum atomic E-state index is -1.08. The van der Waals surface area contributed by atoms with Gasteiger partial charge in [0.2, 0.25) is 0 Å². The molecule has 0 fully saturated rings. The molecular weight excluding hydrogens is 263 g/mol. The molecule has 0 atom stereocenters. The van der Waals surface area contributed by atoms with Crippen LogP contribution < -0.4 is 0 Å². The number of rotatable bonds is 0. The molecule has 0 aliphatic rings. The van der Waals surface area contributed by atoms with Crippen molar-refractivity contribution in [2.75, 3.05) is 0 Å². The van der Waals surface area contributed by atoms with E-state index in [1.54, 1.807) is 0 Å². The van der Waals surface area contributed by atoms with Crippen LogP contribution in [0.25, 0.3) is 0 Å². The molecule has 42 valence electrons. The second-order valence-corrected chi connectivity index (χ2v) is 0.394. The van der Waals surface area contributed by atoms with Gasteiger partial charge in [0.25, 0.3) is 0 Å². The second kappa shape index (κ2) is 15.8. The Hall–Kier alpha value is 0.916. The van der Waals surface area contributed by atoms with E-state index in [2.05, 4.69) is 34.6 Å². The number of carboxylic acids is 1. The van der Waals surface area contributed by atoms with Gasteiger partial charge in [-0.3, -0.25) is 11.7 Å². The summed E-state index contributed by atoms with van der Waals surface area (Å²) < 4.78 is 0. The second-order valence-electron chi connectivity index (χ2n) is 0.394. The Morgan fingerprint density at radius 1 is 1.71 bits per heavy atom. The maximum Gasteiger partial charge on any atom is 0 e. The van der Waals surface area contributed by atoms with Crippen LogP contribution in [0.4, 0.5) is 0 Å². The zero-order chi connectivity index (χ0) is 5.58. The van der Waals surface area contributed by atoms with Crippen LogP contribution in [0.15, 0.2) is 0 Å². The average molecular weight is 266 g/mol. The minimum absolute atomic E-state index is 0. The van der Waals surface area contributed by atoms with Crippen LogP contribution in [0.3, 0.4) is 0 Å². The van der Waals surface area contributed by atoms with Crippen molar-refractivity contribution in [1.82, 2.24) is 0 Å². The van der Waals surface area contributed by atoms with Gasteiger partial charge in [0.05, 0.1) is 0 Å². The van der Waals surface area contributed by atoms with Crippen LogP contribution in [0.5, 0.6) is 0 Å². The van der Waals surface area contributed by atoms with Crippen molar-refractivity contribution in [3.05, 3.63) is 6.92 Å². The first-order valence-corrected chi connectivity index (χ1v) is 2.90. The minimum Gasteiger partial charge on any atom is 0 e. The fraction of sp³-hybridized carbons (Fsp3) is 0. The van der Waals surface area contributed by atoms with Crippen molar-refractivity contribution in [3.63, 3.8) is 0 Å². The molecule has 0 saturated heterocycles. The third kappa shape index (κ3) is 199. The SMILES string of the molecule is [CH2-]C(=O)O.[Cl][Pd+].[Zn]. The van der Waals surface area contributed by atoms with Gasteiger partial charge in [-0.2, -0.15) is 0 Å². The Labute approximate surface area is 69.8 Å². The average Bonchev–Trinajstić information content (AvgIpc) is 1.41. The van der Waals surface area contributed by atoms with Crippen molar-refractivity contribution in [3.8, 4) is 0 Å². The van der Waals surface area contributed by atoms with Crippen LogP contribution in [-0.2, 0) is 42.5 Å². The molecule has 0 spiro atoms. The summed E-state index contributed by atoms with van der Waals surface area (Å²) in [7, 11) is 4.49. The van der Waals surface area contributed by atoms with Crippen molar-refractivity contribution in [2.24, 2.45) is 0 Å². The molecule has 0 amide bonds. The Kier molecular flexibility index (Phi) is 35.3. The number of carboxylic acid groups (broad SMARTS) is 1. The van der Waals surface area contributed by atoms with Gasteiger partial charge in [0, 0.05) is 19.5 Å². The maximum absolute atomic E-state index is 8.89. The van der Waals surface area contributed by atoms with Gasteiger partial charge < -0.3 is 5.11 Å². The standard InChI is InChI=1S/C2H3O2.ClH.Pd.Zn/c1-2(3)4;;;/h1H2,(H,3,4);1H;;/q-1;;+2;/p-1. The molecule has 0 aromatic rings. The van der Waals surface area contributed by atoms with Gasteiger partial charge in [0.15, 0.2) is 5.97 Å². The maximum atomic E-state index is 8.89. The molecule has 0 aliphatic carbocycles. The summed E-state index contributed by atoms with van der Waals surface area (Å²) in [5.74, 6) is -1.08. The molecule has 0 heterocycles. The molecule has 5 heteroatoms. The van der Waals surface area contributed by atoms with Gasteiger partial charge in [-0.25, -0.2) is 0 Å². The summed E-state index contributed by atoms with van der Waals surface area (Å²) in [4.78, 5) is 8.89. The third-order valence-electron chi connectivity index (χ3n) is 0. The van der Waals surface area contributed by atoms with Gasteiger partial charge in [-0.15, -0.1) is 0 Å². The van der Waals surface area contributed by atoms with Gasteiger partial charge in [-0.1, -0.05) is 0 Å². The zero-order valence-electron chi connectivity index (χ0n) is 3.46. The number of halogens is 1. The van der Waals surface area contributed by atoms with E-state index in [1.165, 1.54) is 0 Å². The Balaban J connectivity index is -0.0000000480. The summed E-state index contributed by atoms with van der Waals surface area (Å²) >= 11 is 2.22. The first kappa shape index (κ1) is 15.7. The summed E-state index contributed by atoms with van der Waals surface area (Å²) in [5.41, 5.74) is 0. The third-order valence-corrected chi connectivity index (χ3v) is 0. The van der Waals surface area contributed by atoms with E-state index < -0.39 is 5.97 Å². The van der Waals surface area contributed by atoms with E-state index >= 15 is 0 Å². The molecule has 0 radical (unpaired) electrons. The fourth-order valence-electron chi connectivity index (χ4n) is 0. The van der Waals surface area contributed by atoms with Crippen LogP contribution in [0.2, 0.25) is 0 Å². The predicted octanol–water partition coefficient (Wildman–Crippen LogP) is 0.590. The van der Waals surface area contributed by atoms with Crippen LogP contribution in [0.1, 0.15) is 0 Å². The molecule has 0 rings (SSSR count). The van der Waals surface area contributed by atoms with Gasteiger partial charge >= 0.3 is 27.7 Å². The first-order valence-electron chi connectivity index (χ1n) is 0.901. The molecule has 0 aliphatic heterocycles. The summed E-state index contributed by atoms with van der Waals surface area (Å²) in [6.07, 6.45) is 0. The molecule has 0 unspecified atom stereocenters. The van der Waals surface area contributed by atoms with E-state index in [1.807, 2.05) is 0 Å². The Morgan fingerprint density at radius 3 is 1.71 bits per heavy atom. The van der Waals surface area contributed by atoms with Crippen LogP contribution in [0, 0.1) is 6.92 Å². The molecule has 2 nitrogen and oxygen atoms in total. The van der Waals surface area contributed by atoms with E-state index in [0.717, 1.165) is 0 Å². The molecule has 0 saturated carbocycles. The van der Waals surface area contributed by atoms with Crippen LogP contribution in [-0.4, -0.2) is 11.1 Å². The molecule has 0 aromatic heterocycles. The van der Waals surface area contributed by atoms with Crippen molar-refractivity contribution < 1.29 is 47.6 Å². The molecule has 1 N–H and O–H groups in total. The largest absolute Gasteiger partial charge is 0 e. The molecule has 7 heavy (non-hydrogen) atoms. The van der Waals surface area contributed by atoms with E-state index in [9.17, 15) is 0 Å². The number of aliphatic carboxylic acids is 1. The smallest absolute Gasteiger partial charge is 0 e. The summed E-state index contributed by atoms with van der Waals surface area (Å²) in [6, 6.07) is 0. The Morgan fingerprint density at radius 2 is 1.71 bits per heavy atom. The number of hydrogen-bond acceptors (Lipinski definition) is 1. The van der Waals surface area contributed by atoms with Gasteiger partial charge in [-0.05, 0) is 0 Å². The van der Waals surface area contributed by atoms with Crippen LogP contribution >= 0.6 is 9.53 Å². The summed E-state index contributed by atoms with van der Waals surface area (Å²) in [6.45, 7) is 2.56. The predicted molar refractivity (Wildman–Crippen MR) is 18.8 cm³/mol. The van der Waals surface area contributed by atoms with Gasteiger partial charge in [0.1, 0.15) is 0 Å². The molecule has 0 aromatic carbocycles. The topological polar surface area (TPSA) is 37.3 Å². The monoisotopic (exact) mass is 264 g/mol. The van der Waals surface area contributed by atoms with E-state index in [-0.39, 0.29) is 19.5 Å². The first-order chi connectivity index (χ1) is 2.73. The Bertz CT molecular complexity index is 38.7. The van der Waals surface area contributed by atoms with Crippen molar-refractivity contribution in [1.29, 1.82) is 0 Å². The molecule has 0 bridgehead atoms. The number of hydrogen-bond donors (Lipinski definition) is 1. The van der Waals surface area contributed by atoms with E-state index in [0.29, 0.717) is 0 Å². The van der Waals surface area contributed by atoms with E-state index in [4.69, 9.17) is 9.90 Å². The molecular formula is C2H3ClO2PdZn. The normalized spacial score (nSPS) is 4.43. The summed E-state index contributed by atoms with van der Waals surface area (Å²) in [5, 5.41) is 7.31. The zero-order valence-corrected chi connectivity index (χ0v) is 8.74. The number of carbonyl (C=O) groups is 1. The quantitative estimate of drug-likeness (QED) is 0.515. The fourth-order valence-corrected chi connectivity index (χ4v) is 0. The van der Waals surface area contributed by atoms with Crippen molar-refractivity contribution in [2.45, 2.75) is 0 Å². The van der Waals surface area contributed by atoms with Crippen molar-refractivity contribution >= 4 is 15.5 Å².